The third-order valence-corrected chi connectivity index (χ3v) is 7.61. The van der Waals surface area contributed by atoms with E-state index in [4.69, 9.17) is 9.72 Å². The highest BCUT2D eigenvalue weighted by Gasteiger charge is 2.24. The quantitative estimate of drug-likeness (QED) is 0.591. The lowest BCUT2D eigenvalue weighted by Crippen LogP contribution is -2.46. The number of aromatic nitrogens is 1. The van der Waals surface area contributed by atoms with Crippen molar-refractivity contribution in [2.75, 3.05) is 44.7 Å². The highest BCUT2D eigenvalue weighted by molar-refractivity contribution is 7.13. The van der Waals surface area contributed by atoms with Crippen LogP contribution < -0.4 is 10.2 Å². The van der Waals surface area contributed by atoms with Gasteiger partial charge in [-0.2, -0.15) is 0 Å². The molecule has 0 spiro atoms. The molecule has 4 rings (SSSR count). The Bertz CT molecular complexity index is 1080. The first-order valence-corrected chi connectivity index (χ1v) is 13.5. The minimum atomic E-state index is -0.589. The molecule has 1 aromatic heterocycles. The summed E-state index contributed by atoms with van der Waals surface area (Å²) in [5.74, 6) is 0.0841. The van der Waals surface area contributed by atoms with Crippen molar-refractivity contribution in [3.63, 3.8) is 0 Å². The summed E-state index contributed by atoms with van der Waals surface area (Å²) in [7, 11) is 1.67. The molecular weight excluding hydrogens is 472 g/mol. The van der Waals surface area contributed by atoms with Crippen LogP contribution in [0.1, 0.15) is 48.8 Å². The molecule has 0 radical (unpaired) electrons. The van der Waals surface area contributed by atoms with Gasteiger partial charge in [-0.1, -0.05) is 51.1 Å². The Morgan fingerprint density at radius 2 is 1.94 bits per heavy atom. The SMILES string of the molecule is COC1C=CC=C(CN(Cc2ccc(C(=O)N3CCNCC3)cc2)c2nc(C(C)(C)C)cs2)C(O)C1. The molecule has 2 aromatic rings. The van der Waals surface area contributed by atoms with Gasteiger partial charge in [-0.25, -0.2) is 4.98 Å². The van der Waals surface area contributed by atoms with Crippen molar-refractivity contribution in [2.24, 2.45) is 0 Å². The number of carbonyl (C=O) groups excluding carboxylic acids is 1. The van der Waals surface area contributed by atoms with Gasteiger partial charge in [0.15, 0.2) is 5.13 Å². The molecule has 2 atom stereocenters. The Morgan fingerprint density at radius 1 is 1.22 bits per heavy atom. The zero-order chi connectivity index (χ0) is 25.7. The first-order valence-electron chi connectivity index (χ1n) is 12.6. The van der Waals surface area contributed by atoms with Crippen LogP contribution in [0, 0.1) is 0 Å². The highest BCUT2D eigenvalue weighted by atomic mass is 32.1. The van der Waals surface area contributed by atoms with E-state index < -0.39 is 6.10 Å². The number of nitrogens with one attached hydrogen (secondary N) is 1. The summed E-state index contributed by atoms with van der Waals surface area (Å²) in [6.07, 6.45) is 5.78. The van der Waals surface area contributed by atoms with Crippen molar-refractivity contribution in [1.82, 2.24) is 15.2 Å². The van der Waals surface area contributed by atoms with Gasteiger partial charge in [0.25, 0.3) is 5.91 Å². The smallest absolute Gasteiger partial charge is 0.253 e. The molecule has 2 heterocycles. The van der Waals surface area contributed by atoms with E-state index in [0.29, 0.717) is 25.1 Å². The Morgan fingerprint density at radius 3 is 2.58 bits per heavy atom. The van der Waals surface area contributed by atoms with Gasteiger partial charge in [-0.3, -0.25) is 4.79 Å². The van der Waals surface area contributed by atoms with Crippen molar-refractivity contribution in [2.45, 2.75) is 51.4 Å². The summed E-state index contributed by atoms with van der Waals surface area (Å²) in [4.78, 5) is 21.9. The zero-order valence-electron chi connectivity index (χ0n) is 21.7. The van der Waals surface area contributed by atoms with Gasteiger partial charge < -0.3 is 25.0 Å². The summed E-state index contributed by atoms with van der Waals surface area (Å²) in [5, 5.41) is 17.2. The number of hydrogen-bond acceptors (Lipinski definition) is 7. The maximum atomic E-state index is 12.9. The number of amides is 1. The van der Waals surface area contributed by atoms with Crippen LogP contribution in [-0.4, -0.2) is 72.9 Å². The first kappa shape index (κ1) is 26.5. The number of hydrogen-bond donors (Lipinski definition) is 2. The van der Waals surface area contributed by atoms with Crippen molar-refractivity contribution < 1.29 is 14.6 Å². The topological polar surface area (TPSA) is 77.9 Å². The van der Waals surface area contributed by atoms with Gasteiger partial charge in [-0.15, -0.1) is 11.3 Å². The van der Waals surface area contributed by atoms with Gasteiger partial charge in [0.2, 0.25) is 0 Å². The molecular formula is C28H38N4O3S. The number of methoxy groups -OCH3 is 1. The molecule has 0 bridgehead atoms. The first-order chi connectivity index (χ1) is 17.2. The van der Waals surface area contributed by atoms with Crippen molar-refractivity contribution in [3.05, 3.63) is 70.3 Å². The number of aliphatic hydroxyl groups excluding tert-OH is 1. The fourth-order valence-electron chi connectivity index (χ4n) is 4.39. The molecule has 1 aliphatic heterocycles. The maximum absolute atomic E-state index is 12.9. The Labute approximate surface area is 218 Å². The van der Waals surface area contributed by atoms with E-state index in [9.17, 15) is 9.90 Å². The molecule has 1 amide bonds. The maximum Gasteiger partial charge on any atom is 0.253 e. The summed E-state index contributed by atoms with van der Waals surface area (Å²) >= 11 is 1.63. The van der Waals surface area contributed by atoms with E-state index in [1.165, 1.54) is 0 Å². The number of rotatable bonds is 7. The van der Waals surface area contributed by atoms with E-state index in [1.807, 2.05) is 47.4 Å². The second-order valence-electron chi connectivity index (χ2n) is 10.5. The van der Waals surface area contributed by atoms with Crippen molar-refractivity contribution in [1.29, 1.82) is 0 Å². The monoisotopic (exact) mass is 510 g/mol. The number of carbonyl (C=O) groups is 1. The molecule has 36 heavy (non-hydrogen) atoms. The summed E-state index contributed by atoms with van der Waals surface area (Å²) in [6, 6.07) is 7.90. The van der Waals surface area contributed by atoms with Crippen LogP contribution in [0.3, 0.4) is 0 Å². The number of allylic oxidation sites excluding steroid dienone is 2. The van der Waals surface area contributed by atoms with Gasteiger partial charge in [0.1, 0.15) is 0 Å². The Hall–Kier alpha value is -2.52. The predicted octanol–water partition coefficient (Wildman–Crippen LogP) is 3.75. The fraction of sp³-hybridized carbons (Fsp3) is 0.500. The lowest BCUT2D eigenvalue weighted by atomic mass is 9.93. The van der Waals surface area contributed by atoms with Crippen LogP contribution in [0.15, 0.2) is 53.4 Å². The second-order valence-corrected chi connectivity index (χ2v) is 11.3. The minimum Gasteiger partial charge on any atom is -0.389 e. The molecule has 2 aliphatic rings. The third-order valence-electron chi connectivity index (χ3n) is 6.71. The average molecular weight is 511 g/mol. The lowest BCUT2D eigenvalue weighted by molar-refractivity contribution is 0.0735. The number of benzene rings is 1. The molecule has 2 N–H and O–H groups in total. The van der Waals surface area contributed by atoms with Gasteiger partial charge in [0.05, 0.1) is 17.9 Å². The largest absolute Gasteiger partial charge is 0.389 e. The van der Waals surface area contributed by atoms with Crippen LogP contribution >= 0.6 is 11.3 Å². The Balaban J connectivity index is 1.54. The molecule has 8 heteroatoms. The number of aliphatic hydroxyl groups is 1. The fourth-order valence-corrected chi connectivity index (χ4v) is 5.44. The number of thiazole rings is 1. The van der Waals surface area contributed by atoms with E-state index in [-0.39, 0.29) is 17.4 Å². The standard InChI is InChI=1S/C28H38N4O3S/c1-28(2,3)25-19-36-27(30-25)32(18-22-6-5-7-23(35-4)16-24(22)33)17-20-8-10-21(11-9-20)26(34)31-14-12-29-13-15-31/h5-11,19,23-24,29,33H,12-18H2,1-4H3. The molecule has 1 aliphatic carbocycles. The summed E-state index contributed by atoms with van der Waals surface area (Å²) < 4.78 is 5.45. The van der Waals surface area contributed by atoms with Gasteiger partial charge >= 0.3 is 0 Å². The third kappa shape index (κ3) is 6.62. The zero-order valence-corrected chi connectivity index (χ0v) is 22.6. The van der Waals surface area contributed by atoms with Crippen molar-refractivity contribution >= 4 is 22.4 Å². The average Bonchev–Trinajstić information content (AvgIpc) is 3.31. The van der Waals surface area contributed by atoms with Gasteiger partial charge in [0, 0.05) is 69.2 Å². The van der Waals surface area contributed by atoms with Crippen LogP contribution in [0.25, 0.3) is 0 Å². The van der Waals surface area contributed by atoms with E-state index in [0.717, 1.165) is 48.1 Å². The molecule has 194 valence electrons. The number of anilines is 1. The molecule has 0 saturated carbocycles. The molecule has 7 nitrogen and oxygen atoms in total. The van der Waals surface area contributed by atoms with Crippen LogP contribution in [-0.2, 0) is 16.7 Å². The predicted molar refractivity (Wildman–Crippen MR) is 146 cm³/mol. The van der Waals surface area contributed by atoms with Crippen LogP contribution in [0.2, 0.25) is 0 Å². The summed E-state index contributed by atoms with van der Waals surface area (Å²) in [5.41, 5.74) is 3.76. The van der Waals surface area contributed by atoms with Crippen LogP contribution in [0.5, 0.6) is 0 Å². The Kier molecular flexibility index (Phi) is 8.62. The second kappa shape index (κ2) is 11.7. The molecule has 1 fully saturated rings. The van der Waals surface area contributed by atoms with E-state index >= 15 is 0 Å². The molecule has 2 unspecified atom stereocenters. The van der Waals surface area contributed by atoms with Crippen LogP contribution in [0.4, 0.5) is 5.13 Å². The minimum absolute atomic E-state index is 0.0398. The normalized spacial score (nSPS) is 20.7. The highest BCUT2D eigenvalue weighted by Crippen LogP contribution is 2.31. The number of nitrogens with zero attached hydrogens (tertiary/aromatic N) is 3. The summed E-state index contributed by atoms with van der Waals surface area (Å²) in [6.45, 7) is 10.8. The lowest BCUT2D eigenvalue weighted by Gasteiger charge is -2.28. The van der Waals surface area contributed by atoms with E-state index in [2.05, 4.69) is 36.4 Å². The van der Waals surface area contributed by atoms with Gasteiger partial charge in [-0.05, 0) is 23.3 Å². The molecule has 1 saturated heterocycles. The van der Waals surface area contributed by atoms with E-state index in [1.54, 1.807) is 18.4 Å². The number of piperazine rings is 1. The molecule has 1 aromatic carbocycles. The van der Waals surface area contributed by atoms with Crippen molar-refractivity contribution in [3.8, 4) is 0 Å². The number of ether oxygens (including phenoxy) is 1.